The molecular formula is C26H20ClN5O5S2. The molecule has 0 fully saturated rings. The van der Waals surface area contributed by atoms with Gasteiger partial charge >= 0.3 is 0 Å². The van der Waals surface area contributed by atoms with Gasteiger partial charge in [0.15, 0.2) is 0 Å². The predicted octanol–water partition coefficient (Wildman–Crippen LogP) is 4.55. The van der Waals surface area contributed by atoms with Gasteiger partial charge in [0.2, 0.25) is 0 Å². The van der Waals surface area contributed by atoms with Crippen molar-refractivity contribution in [3.05, 3.63) is 99.8 Å². The number of rotatable bonds is 7. The highest BCUT2D eigenvalue weighted by molar-refractivity contribution is 7.92. The maximum atomic E-state index is 13.6. The van der Waals surface area contributed by atoms with Crippen LogP contribution in [-0.4, -0.2) is 31.1 Å². The van der Waals surface area contributed by atoms with Gasteiger partial charge in [-0.25, -0.2) is 9.82 Å². The molecule has 0 saturated carbocycles. The normalized spacial score (nSPS) is 11.3. The molecule has 0 atom stereocenters. The Morgan fingerprint density at radius 2 is 1.74 bits per heavy atom. The zero-order valence-electron chi connectivity index (χ0n) is 20.2. The molecule has 0 radical (unpaired) electrons. The Bertz CT molecular complexity index is 1840. The first-order valence-electron chi connectivity index (χ1n) is 11.3. The molecule has 1 amide bonds. The fourth-order valence-corrected chi connectivity index (χ4v) is 5.82. The number of anilines is 2. The number of fused-ring (bicyclic) bond motifs is 1. The average molecular weight is 582 g/mol. The van der Waals surface area contributed by atoms with Crippen LogP contribution in [0.15, 0.2) is 88.6 Å². The van der Waals surface area contributed by atoms with Crippen LogP contribution in [0.4, 0.5) is 11.5 Å². The second-order valence-electron chi connectivity index (χ2n) is 8.22. The monoisotopic (exact) mass is 581 g/mol. The summed E-state index contributed by atoms with van der Waals surface area (Å²) in [6, 6.07) is 20.5. The molecule has 4 N–H and O–H groups in total. The molecule has 2 aromatic heterocycles. The topological polar surface area (TPSA) is 145 Å². The Hall–Kier alpha value is -4.39. The fraction of sp³-hybridized carbons (Fsp3) is 0.0385. The van der Waals surface area contributed by atoms with Crippen LogP contribution in [0.1, 0.15) is 10.4 Å². The molecule has 0 aliphatic heterocycles. The number of amides is 1. The lowest BCUT2D eigenvalue weighted by Gasteiger charge is -2.17. The van der Waals surface area contributed by atoms with Crippen LogP contribution in [0.2, 0.25) is 5.02 Å². The van der Waals surface area contributed by atoms with Crippen molar-refractivity contribution >= 4 is 60.6 Å². The minimum Gasteiger partial charge on any atom is -0.497 e. The van der Waals surface area contributed by atoms with E-state index in [2.05, 4.69) is 15.1 Å². The number of hydrogen-bond donors (Lipinski definition) is 3. The molecule has 5 rings (SSSR count). The van der Waals surface area contributed by atoms with Gasteiger partial charge in [0, 0.05) is 10.7 Å². The maximum absolute atomic E-state index is 13.6. The number of benzene rings is 3. The van der Waals surface area contributed by atoms with Crippen LogP contribution in [-0.2, 0) is 10.0 Å². The summed E-state index contributed by atoms with van der Waals surface area (Å²) in [6.45, 7) is 0. The van der Waals surface area contributed by atoms with E-state index in [9.17, 15) is 18.0 Å². The summed E-state index contributed by atoms with van der Waals surface area (Å²) in [7, 11) is -2.78. The van der Waals surface area contributed by atoms with Crippen LogP contribution in [0.3, 0.4) is 0 Å². The second kappa shape index (κ2) is 10.4. The summed E-state index contributed by atoms with van der Waals surface area (Å²) in [4.78, 5) is 33.5. The van der Waals surface area contributed by atoms with Crippen LogP contribution >= 0.6 is 22.9 Å². The van der Waals surface area contributed by atoms with Crippen molar-refractivity contribution in [2.75, 3.05) is 23.0 Å². The molecule has 13 heteroatoms. The lowest BCUT2D eigenvalue weighted by Crippen LogP contribution is -2.37. The minimum atomic E-state index is -4.30. The van der Waals surface area contributed by atoms with Gasteiger partial charge < -0.3 is 15.8 Å². The maximum Gasteiger partial charge on any atom is 0.281 e. The van der Waals surface area contributed by atoms with Crippen molar-refractivity contribution in [2.24, 2.45) is 0 Å². The zero-order chi connectivity index (χ0) is 27.7. The van der Waals surface area contributed by atoms with Gasteiger partial charge in [0.1, 0.15) is 16.6 Å². The highest BCUT2D eigenvalue weighted by Crippen LogP contribution is 2.30. The second-order valence-corrected chi connectivity index (χ2v) is 11.3. The Morgan fingerprint density at radius 3 is 2.41 bits per heavy atom. The number of nitrogens with zero attached hydrogens (tertiary/aromatic N) is 2. The van der Waals surface area contributed by atoms with E-state index in [0.717, 1.165) is 4.70 Å². The summed E-state index contributed by atoms with van der Waals surface area (Å²) in [5.74, 6) is -0.483. The molecule has 5 aromatic rings. The molecule has 3 aromatic carbocycles. The third-order valence-electron chi connectivity index (χ3n) is 5.69. The number of nitrogens with one attached hydrogen (secondary N) is 2. The van der Waals surface area contributed by atoms with Gasteiger partial charge in [-0.3, -0.25) is 9.59 Å². The number of ether oxygens (including phenoxy) is 1. The van der Waals surface area contributed by atoms with E-state index in [4.69, 9.17) is 22.1 Å². The summed E-state index contributed by atoms with van der Waals surface area (Å²) in [6.07, 6.45) is 0. The Morgan fingerprint density at radius 1 is 1.05 bits per heavy atom. The number of thiazole rings is 1. The lowest BCUT2D eigenvalue weighted by molar-refractivity contribution is 0.102. The molecular weight excluding hydrogens is 562 g/mol. The largest absolute Gasteiger partial charge is 0.497 e. The minimum absolute atomic E-state index is 0.0101. The summed E-state index contributed by atoms with van der Waals surface area (Å²) in [5, 5.41) is 3.33. The van der Waals surface area contributed by atoms with Crippen molar-refractivity contribution in [2.45, 2.75) is 4.90 Å². The van der Waals surface area contributed by atoms with Crippen LogP contribution in [0.5, 0.6) is 5.75 Å². The molecule has 39 heavy (non-hydrogen) atoms. The Labute approximate surface area is 231 Å². The van der Waals surface area contributed by atoms with Gasteiger partial charge in [-0.2, -0.15) is 13.1 Å². The number of pyridine rings is 1. The van der Waals surface area contributed by atoms with Gasteiger partial charge in [-0.15, -0.1) is 11.3 Å². The van der Waals surface area contributed by atoms with Crippen LogP contribution in [0, 0.1) is 0 Å². The lowest BCUT2D eigenvalue weighted by atomic mass is 10.1. The third-order valence-corrected chi connectivity index (χ3v) is 8.33. The quantitative estimate of drug-likeness (QED) is 0.255. The first-order valence-corrected chi connectivity index (χ1v) is 14.0. The van der Waals surface area contributed by atoms with Crippen molar-refractivity contribution in [1.82, 2.24) is 9.66 Å². The number of nitrogens with two attached hydrogens (primary N) is 1. The standard InChI is InChI=1S/C26H20ClN5O5S2/c1-37-17-10-8-16(9-11-17)29-24(33)19-14-20(25-30-21-4-2-3-5-22(21)38-25)26(34)32(23(19)28)31-39(35,36)18-12-6-15(27)7-13-18/h2-14,31H,28H2,1H3,(H,29,33). The molecule has 0 aliphatic rings. The summed E-state index contributed by atoms with van der Waals surface area (Å²) >= 11 is 7.11. The van der Waals surface area contributed by atoms with Gasteiger partial charge in [-0.1, -0.05) is 23.7 Å². The summed E-state index contributed by atoms with van der Waals surface area (Å²) < 4.78 is 32.9. The van der Waals surface area contributed by atoms with Gasteiger partial charge in [0.05, 0.1) is 33.3 Å². The van der Waals surface area contributed by atoms with Gasteiger partial charge in [0.25, 0.3) is 21.5 Å². The molecule has 0 spiro atoms. The first kappa shape index (κ1) is 26.2. The van der Waals surface area contributed by atoms with Gasteiger partial charge in [-0.05, 0) is 66.7 Å². The number of aromatic nitrogens is 2. The fourth-order valence-electron chi connectivity index (χ4n) is 3.70. The number of para-hydroxylation sites is 1. The molecule has 10 nitrogen and oxygen atoms in total. The Kier molecular flexibility index (Phi) is 7.00. The highest BCUT2D eigenvalue weighted by Gasteiger charge is 2.24. The molecule has 0 bridgehead atoms. The molecule has 198 valence electrons. The SMILES string of the molecule is COc1ccc(NC(=O)c2cc(-c3nc4ccccc4s3)c(=O)n(NS(=O)(=O)c3ccc(Cl)cc3)c2N)cc1. The van der Waals surface area contributed by atoms with Crippen LogP contribution < -0.4 is 26.2 Å². The molecule has 0 saturated heterocycles. The van der Waals surface area contributed by atoms with Crippen molar-refractivity contribution in [3.8, 4) is 16.3 Å². The average Bonchev–Trinajstić information content (AvgIpc) is 3.36. The number of methoxy groups -OCH3 is 1. The third kappa shape index (κ3) is 5.30. The number of hydrogen-bond acceptors (Lipinski definition) is 8. The predicted molar refractivity (Wildman–Crippen MR) is 153 cm³/mol. The number of sulfonamides is 1. The number of carbonyl (C=O) groups is 1. The molecule has 2 heterocycles. The van der Waals surface area contributed by atoms with Crippen molar-refractivity contribution in [3.63, 3.8) is 0 Å². The van der Waals surface area contributed by atoms with Crippen molar-refractivity contribution in [1.29, 1.82) is 0 Å². The van der Waals surface area contributed by atoms with E-state index < -0.39 is 27.3 Å². The van der Waals surface area contributed by atoms with E-state index in [1.807, 2.05) is 12.1 Å². The highest BCUT2D eigenvalue weighted by atomic mass is 35.5. The zero-order valence-corrected chi connectivity index (χ0v) is 22.6. The van der Waals surface area contributed by atoms with Crippen LogP contribution in [0.25, 0.3) is 20.8 Å². The van der Waals surface area contributed by atoms with E-state index in [0.29, 0.717) is 31.7 Å². The molecule has 0 aliphatic carbocycles. The number of nitrogen functional groups attached to an aromatic ring is 1. The molecule has 0 unspecified atom stereocenters. The smallest absolute Gasteiger partial charge is 0.281 e. The summed E-state index contributed by atoms with van der Waals surface area (Å²) in [5.41, 5.74) is 6.36. The van der Waals surface area contributed by atoms with Crippen molar-refractivity contribution < 1.29 is 17.9 Å². The number of halogens is 1. The number of carbonyl (C=O) groups excluding carboxylic acids is 1. The first-order chi connectivity index (χ1) is 18.7. The van der Waals surface area contributed by atoms with E-state index in [-0.39, 0.29) is 16.0 Å². The Balaban J connectivity index is 1.63. The van der Waals surface area contributed by atoms with E-state index >= 15 is 0 Å². The van der Waals surface area contributed by atoms with E-state index in [1.165, 1.54) is 48.8 Å². The van der Waals surface area contributed by atoms with E-state index in [1.54, 1.807) is 36.4 Å².